The van der Waals surface area contributed by atoms with Crippen molar-refractivity contribution in [3.63, 3.8) is 0 Å². The van der Waals surface area contributed by atoms with E-state index in [2.05, 4.69) is 9.97 Å². The summed E-state index contributed by atoms with van der Waals surface area (Å²) in [5.41, 5.74) is 1.93. The van der Waals surface area contributed by atoms with E-state index in [0.717, 1.165) is 22.6 Å². The molecule has 1 aromatic carbocycles. The molecule has 0 unspecified atom stereocenters. The molecule has 78 valence electrons. The lowest BCUT2D eigenvalue weighted by Crippen LogP contribution is -1.77. The van der Waals surface area contributed by atoms with Crippen LogP contribution in [0.3, 0.4) is 0 Å². The van der Waals surface area contributed by atoms with Crippen molar-refractivity contribution < 1.29 is 8.83 Å². The molecular weight excluding hydrogens is 204 g/mol. The molecule has 0 radical (unpaired) electrons. The summed E-state index contributed by atoms with van der Waals surface area (Å²) in [7, 11) is 0. The number of hydrogen-bond acceptors (Lipinski definition) is 4. The smallest absolute Gasteiger partial charge is 0.181 e. The van der Waals surface area contributed by atoms with Gasteiger partial charge in [-0.3, -0.25) is 0 Å². The summed E-state index contributed by atoms with van der Waals surface area (Å²) in [5.74, 6) is 1.47. The maximum atomic E-state index is 5.23. The van der Waals surface area contributed by atoms with Gasteiger partial charge in [-0.1, -0.05) is 18.2 Å². The van der Waals surface area contributed by atoms with Crippen molar-refractivity contribution in [1.29, 1.82) is 0 Å². The molecule has 0 atom stereocenters. The van der Waals surface area contributed by atoms with Crippen LogP contribution in [-0.4, -0.2) is 9.97 Å². The zero-order valence-corrected chi connectivity index (χ0v) is 8.33. The van der Waals surface area contributed by atoms with Crippen LogP contribution in [0.2, 0.25) is 0 Å². The molecule has 4 nitrogen and oxygen atoms in total. The van der Waals surface area contributed by atoms with Gasteiger partial charge in [0.25, 0.3) is 0 Å². The zero-order chi connectivity index (χ0) is 10.8. The Bertz CT molecular complexity index is 521. The number of benzene rings is 1. The molecule has 0 aliphatic rings. The first kappa shape index (κ1) is 8.91. The normalized spacial score (nSPS) is 10.5. The minimum absolute atomic E-state index is 0.737. The molecule has 0 spiro atoms. The van der Waals surface area contributed by atoms with Crippen LogP contribution in [0, 0.1) is 0 Å². The van der Waals surface area contributed by atoms with Crippen molar-refractivity contribution in [2.75, 3.05) is 0 Å². The Hall–Kier alpha value is -2.36. The highest BCUT2D eigenvalue weighted by Crippen LogP contribution is 2.25. The lowest BCUT2D eigenvalue weighted by molar-refractivity contribution is 0.570. The average molecular weight is 212 g/mol. The van der Waals surface area contributed by atoms with Gasteiger partial charge in [-0.2, -0.15) is 0 Å². The summed E-state index contributed by atoms with van der Waals surface area (Å²) >= 11 is 0. The van der Waals surface area contributed by atoms with Gasteiger partial charge >= 0.3 is 0 Å². The molecule has 4 heteroatoms. The van der Waals surface area contributed by atoms with Gasteiger partial charge in [0.05, 0.1) is 12.4 Å². The number of oxazole rings is 2. The highest BCUT2D eigenvalue weighted by atomic mass is 16.3. The van der Waals surface area contributed by atoms with Crippen LogP contribution < -0.4 is 0 Å². The van der Waals surface area contributed by atoms with E-state index in [1.807, 2.05) is 24.3 Å². The number of hydrogen-bond donors (Lipinski definition) is 0. The fraction of sp³-hybridized carbons (Fsp3) is 0. The van der Waals surface area contributed by atoms with Crippen LogP contribution >= 0.6 is 0 Å². The minimum atomic E-state index is 0.737. The quantitative estimate of drug-likeness (QED) is 0.655. The van der Waals surface area contributed by atoms with E-state index in [9.17, 15) is 0 Å². The predicted molar refractivity (Wildman–Crippen MR) is 57.4 cm³/mol. The molecule has 3 aromatic rings. The van der Waals surface area contributed by atoms with E-state index in [1.54, 1.807) is 12.4 Å². The van der Waals surface area contributed by atoms with Crippen molar-refractivity contribution in [3.05, 3.63) is 49.4 Å². The molecule has 0 aliphatic carbocycles. The predicted octanol–water partition coefficient (Wildman–Crippen LogP) is 3.00. The van der Waals surface area contributed by atoms with Crippen molar-refractivity contribution in [2.45, 2.75) is 0 Å². The Morgan fingerprint density at radius 3 is 1.81 bits per heavy atom. The van der Waals surface area contributed by atoms with E-state index in [1.165, 1.54) is 12.8 Å². The largest absolute Gasteiger partial charge is 0.444 e. The molecule has 0 N–H and O–H groups in total. The topological polar surface area (TPSA) is 52.1 Å². The Morgan fingerprint density at radius 1 is 0.812 bits per heavy atom. The van der Waals surface area contributed by atoms with Crippen LogP contribution in [0.15, 0.2) is 58.3 Å². The molecular formula is C12H8N2O2. The first-order valence-corrected chi connectivity index (χ1v) is 4.81. The summed E-state index contributed by atoms with van der Waals surface area (Å²) in [6.07, 6.45) is 6.19. The summed E-state index contributed by atoms with van der Waals surface area (Å²) in [6, 6.07) is 7.83. The van der Waals surface area contributed by atoms with Crippen LogP contribution in [0.25, 0.3) is 22.6 Å². The molecule has 0 bridgehead atoms. The van der Waals surface area contributed by atoms with Crippen LogP contribution in [-0.2, 0) is 0 Å². The molecule has 2 aromatic heterocycles. The second-order valence-corrected chi connectivity index (χ2v) is 3.31. The van der Waals surface area contributed by atoms with Gasteiger partial charge in [0.15, 0.2) is 24.3 Å². The van der Waals surface area contributed by atoms with Crippen LogP contribution in [0.5, 0.6) is 0 Å². The molecule has 0 saturated heterocycles. The highest BCUT2D eigenvalue weighted by Gasteiger charge is 2.05. The third kappa shape index (κ3) is 1.50. The van der Waals surface area contributed by atoms with Crippen molar-refractivity contribution in [2.24, 2.45) is 0 Å². The Kier molecular flexibility index (Phi) is 2.04. The monoisotopic (exact) mass is 212 g/mol. The molecule has 0 fully saturated rings. The lowest BCUT2D eigenvalue weighted by Gasteiger charge is -1.99. The van der Waals surface area contributed by atoms with Crippen molar-refractivity contribution in [1.82, 2.24) is 9.97 Å². The first-order chi connectivity index (χ1) is 7.93. The first-order valence-electron chi connectivity index (χ1n) is 4.81. The Morgan fingerprint density at radius 2 is 1.38 bits per heavy atom. The van der Waals surface area contributed by atoms with Gasteiger partial charge in [0.2, 0.25) is 0 Å². The Labute approximate surface area is 91.6 Å². The van der Waals surface area contributed by atoms with Gasteiger partial charge < -0.3 is 8.83 Å². The van der Waals surface area contributed by atoms with Gasteiger partial charge in [0, 0.05) is 11.1 Å². The minimum Gasteiger partial charge on any atom is -0.444 e. The van der Waals surface area contributed by atoms with Gasteiger partial charge in [-0.25, -0.2) is 9.97 Å². The van der Waals surface area contributed by atoms with E-state index < -0.39 is 0 Å². The second kappa shape index (κ2) is 3.66. The molecule has 0 aliphatic heterocycles. The summed E-state index contributed by atoms with van der Waals surface area (Å²) in [6.45, 7) is 0. The van der Waals surface area contributed by atoms with Crippen molar-refractivity contribution >= 4 is 0 Å². The summed E-state index contributed by atoms with van der Waals surface area (Å²) < 4.78 is 10.5. The Balaban J connectivity index is 2.07. The SMILES string of the molecule is c1cc(-c2cnco2)cc(-c2cnco2)c1. The maximum Gasteiger partial charge on any atom is 0.181 e. The molecule has 0 saturated carbocycles. The number of aromatic nitrogens is 2. The second-order valence-electron chi connectivity index (χ2n) is 3.31. The highest BCUT2D eigenvalue weighted by molar-refractivity contribution is 5.66. The van der Waals surface area contributed by atoms with Gasteiger partial charge in [-0.05, 0) is 6.07 Å². The average Bonchev–Trinajstić information content (AvgIpc) is 3.03. The van der Waals surface area contributed by atoms with Crippen LogP contribution in [0.1, 0.15) is 0 Å². The zero-order valence-electron chi connectivity index (χ0n) is 8.33. The van der Waals surface area contributed by atoms with E-state index in [0.29, 0.717) is 0 Å². The molecule has 2 heterocycles. The summed E-state index contributed by atoms with van der Waals surface area (Å²) in [5, 5.41) is 0. The maximum absolute atomic E-state index is 5.23. The third-order valence-corrected chi connectivity index (χ3v) is 2.30. The van der Waals surface area contributed by atoms with E-state index in [4.69, 9.17) is 8.83 Å². The van der Waals surface area contributed by atoms with E-state index in [-0.39, 0.29) is 0 Å². The molecule has 0 amide bonds. The molecule has 16 heavy (non-hydrogen) atoms. The third-order valence-electron chi connectivity index (χ3n) is 2.30. The summed E-state index contributed by atoms with van der Waals surface area (Å²) in [4.78, 5) is 7.78. The van der Waals surface area contributed by atoms with Gasteiger partial charge in [0.1, 0.15) is 0 Å². The van der Waals surface area contributed by atoms with Crippen molar-refractivity contribution in [3.8, 4) is 22.6 Å². The lowest BCUT2D eigenvalue weighted by atomic mass is 10.1. The molecule has 3 rings (SSSR count). The number of nitrogens with zero attached hydrogens (tertiary/aromatic N) is 2. The fourth-order valence-electron chi connectivity index (χ4n) is 1.54. The van der Waals surface area contributed by atoms with E-state index >= 15 is 0 Å². The number of rotatable bonds is 2. The van der Waals surface area contributed by atoms with Gasteiger partial charge in [-0.15, -0.1) is 0 Å². The van der Waals surface area contributed by atoms with Crippen LogP contribution in [0.4, 0.5) is 0 Å². The fourth-order valence-corrected chi connectivity index (χ4v) is 1.54. The standard InChI is InChI=1S/C12H8N2O2/c1-2-9(11-5-13-7-15-11)4-10(3-1)12-6-14-8-16-12/h1-8H.